The number of morpholine rings is 1. The molecule has 2 bridgehead atoms. The largest absolute Gasteiger partial charge is 0.378 e. The molecule has 2 saturated heterocycles. The van der Waals surface area contributed by atoms with Crippen LogP contribution in [0.2, 0.25) is 0 Å². The molecular formula is C25H30FN3O2. The molecule has 2 aromatic carbocycles. The summed E-state index contributed by atoms with van der Waals surface area (Å²) in [5.74, 6) is -0.208. The molecule has 3 aliphatic heterocycles. The molecule has 1 unspecified atom stereocenters. The first-order chi connectivity index (χ1) is 14.9. The summed E-state index contributed by atoms with van der Waals surface area (Å²) < 4.78 is 19.1. The molecule has 3 heterocycles. The average Bonchev–Trinajstić information content (AvgIpc) is 3.02. The van der Waals surface area contributed by atoms with Gasteiger partial charge in [0.05, 0.1) is 13.2 Å². The molecule has 5 nitrogen and oxygen atoms in total. The molecule has 0 spiro atoms. The van der Waals surface area contributed by atoms with Crippen LogP contribution >= 0.6 is 0 Å². The van der Waals surface area contributed by atoms with Crippen LogP contribution in [0.5, 0.6) is 0 Å². The second kappa shape index (κ2) is 7.92. The number of halogens is 1. The summed E-state index contributed by atoms with van der Waals surface area (Å²) >= 11 is 0. The maximum absolute atomic E-state index is 13.3. The Hall–Kier alpha value is -2.44. The highest BCUT2D eigenvalue weighted by Gasteiger charge is 2.42. The van der Waals surface area contributed by atoms with Crippen molar-refractivity contribution in [1.29, 1.82) is 0 Å². The van der Waals surface area contributed by atoms with Gasteiger partial charge in [-0.25, -0.2) is 9.18 Å². The molecule has 0 aliphatic carbocycles. The van der Waals surface area contributed by atoms with Crippen molar-refractivity contribution in [3.8, 4) is 0 Å². The Morgan fingerprint density at radius 1 is 1.10 bits per heavy atom. The molecule has 31 heavy (non-hydrogen) atoms. The number of ether oxygens (including phenoxy) is 1. The molecule has 0 saturated carbocycles. The van der Waals surface area contributed by atoms with Gasteiger partial charge in [-0.2, -0.15) is 0 Å². The lowest BCUT2D eigenvalue weighted by atomic mass is 9.87. The van der Waals surface area contributed by atoms with Gasteiger partial charge in [0, 0.05) is 42.3 Å². The normalized spacial score (nSPS) is 27.1. The Morgan fingerprint density at radius 3 is 2.48 bits per heavy atom. The summed E-state index contributed by atoms with van der Waals surface area (Å²) in [6.07, 6.45) is 1.73. The predicted octanol–water partition coefficient (Wildman–Crippen LogP) is 4.06. The Labute approximate surface area is 183 Å². The number of urea groups is 1. The number of amides is 2. The molecule has 3 atom stereocenters. The molecule has 164 valence electrons. The van der Waals surface area contributed by atoms with Crippen LogP contribution in [0.1, 0.15) is 37.8 Å². The molecule has 6 heteroatoms. The van der Waals surface area contributed by atoms with Crippen LogP contribution in [0.25, 0.3) is 0 Å². The fourth-order valence-electron chi connectivity index (χ4n) is 5.45. The number of para-hydroxylation sites is 1. The SMILES string of the molecule is CC1(C)CN(C(=O)NC2C[C@H]3COC[C@@H](C2)N3Cc2ccc(F)cc2)c2ccccc21. The minimum Gasteiger partial charge on any atom is -0.378 e. The number of hydrogen-bond donors (Lipinski definition) is 1. The summed E-state index contributed by atoms with van der Waals surface area (Å²) in [7, 11) is 0. The number of hydrogen-bond acceptors (Lipinski definition) is 3. The van der Waals surface area contributed by atoms with E-state index in [2.05, 4.69) is 30.1 Å². The Kier molecular flexibility index (Phi) is 5.22. The van der Waals surface area contributed by atoms with Crippen LogP contribution in [-0.2, 0) is 16.7 Å². The minimum absolute atomic E-state index is 0.00555. The first-order valence-electron chi connectivity index (χ1n) is 11.2. The molecular weight excluding hydrogens is 393 g/mol. The van der Waals surface area contributed by atoms with Crippen molar-refractivity contribution in [2.75, 3.05) is 24.7 Å². The molecule has 5 rings (SSSR count). The number of carbonyl (C=O) groups excluding carboxylic acids is 1. The molecule has 3 aliphatic rings. The van der Waals surface area contributed by atoms with E-state index in [4.69, 9.17) is 4.74 Å². The monoisotopic (exact) mass is 423 g/mol. The van der Waals surface area contributed by atoms with Gasteiger partial charge in [-0.3, -0.25) is 9.80 Å². The Balaban J connectivity index is 1.26. The van der Waals surface area contributed by atoms with Crippen LogP contribution in [0.15, 0.2) is 48.5 Å². The molecule has 2 aromatic rings. The molecule has 2 fully saturated rings. The van der Waals surface area contributed by atoms with Crippen LogP contribution in [-0.4, -0.2) is 48.8 Å². The van der Waals surface area contributed by atoms with Crippen molar-refractivity contribution in [2.45, 2.75) is 56.8 Å². The zero-order valence-electron chi connectivity index (χ0n) is 18.2. The van der Waals surface area contributed by atoms with Gasteiger partial charge in [-0.1, -0.05) is 44.2 Å². The summed E-state index contributed by atoms with van der Waals surface area (Å²) in [5.41, 5.74) is 3.31. The minimum atomic E-state index is -0.208. The lowest BCUT2D eigenvalue weighted by Gasteiger charge is -2.48. The van der Waals surface area contributed by atoms with E-state index in [1.165, 1.54) is 17.7 Å². The van der Waals surface area contributed by atoms with Crippen LogP contribution in [0, 0.1) is 5.82 Å². The van der Waals surface area contributed by atoms with Gasteiger partial charge in [0.15, 0.2) is 0 Å². The van der Waals surface area contributed by atoms with Crippen molar-refractivity contribution < 1.29 is 13.9 Å². The zero-order valence-corrected chi connectivity index (χ0v) is 18.2. The van der Waals surface area contributed by atoms with Gasteiger partial charge in [0.2, 0.25) is 0 Å². The van der Waals surface area contributed by atoms with Crippen molar-refractivity contribution in [3.05, 3.63) is 65.5 Å². The van der Waals surface area contributed by atoms with E-state index in [-0.39, 0.29) is 35.4 Å². The quantitative estimate of drug-likeness (QED) is 0.810. The molecule has 2 amide bonds. The van der Waals surface area contributed by atoms with E-state index >= 15 is 0 Å². The van der Waals surface area contributed by atoms with Gasteiger partial charge in [-0.15, -0.1) is 0 Å². The summed E-state index contributed by atoms with van der Waals surface area (Å²) in [6.45, 7) is 7.20. The number of nitrogens with one attached hydrogen (secondary N) is 1. The third-order valence-corrected chi connectivity index (χ3v) is 7.00. The van der Waals surface area contributed by atoms with Gasteiger partial charge >= 0.3 is 6.03 Å². The number of nitrogens with zero attached hydrogens (tertiary/aromatic N) is 2. The van der Waals surface area contributed by atoms with E-state index < -0.39 is 0 Å². The predicted molar refractivity (Wildman–Crippen MR) is 119 cm³/mol. The standard InChI is InChI=1S/C25H30FN3O2/c1-25(2)16-29(23-6-4-3-5-22(23)25)24(30)27-19-11-20-14-31-15-21(12-19)28(20)13-17-7-9-18(26)10-8-17/h3-10,19-21H,11-16H2,1-2H3,(H,27,30)/t19?,20-,21+. The number of benzene rings is 2. The second-order valence-corrected chi connectivity index (χ2v) is 9.75. The van der Waals surface area contributed by atoms with Gasteiger partial charge in [-0.05, 0) is 42.2 Å². The smallest absolute Gasteiger partial charge is 0.322 e. The topological polar surface area (TPSA) is 44.8 Å². The Bertz CT molecular complexity index is 947. The summed E-state index contributed by atoms with van der Waals surface area (Å²) in [5, 5.41) is 3.32. The van der Waals surface area contributed by atoms with Gasteiger partial charge in [0.1, 0.15) is 5.82 Å². The van der Waals surface area contributed by atoms with Crippen LogP contribution < -0.4 is 10.2 Å². The van der Waals surface area contributed by atoms with Crippen molar-refractivity contribution in [3.63, 3.8) is 0 Å². The van der Waals surface area contributed by atoms with E-state index in [0.29, 0.717) is 19.8 Å². The van der Waals surface area contributed by atoms with Crippen LogP contribution in [0.3, 0.4) is 0 Å². The molecule has 1 N–H and O–H groups in total. The number of fused-ring (bicyclic) bond motifs is 3. The van der Waals surface area contributed by atoms with Gasteiger partial charge < -0.3 is 10.1 Å². The Morgan fingerprint density at radius 2 is 1.77 bits per heavy atom. The van der Waals surface area contributed by atoms with Crippen molar-refractivity contribution in [2.24, 2.45) is 0 Å². The van der Waals surface area contributed by atoms with E-state index in [1.54, 1.807) is 0 Å². The van der Waals surface area contributed by atoms with E-state index in [1.807, 2.05) is 35.2 Å². The fraction of sp³-hybridized carbons (Fsp3) is 0.480. The van der Waals surface area contributed by atoms with E-state index in [0.717, 1.165) is 30.6 Å². The highest BCUT2D eigenvalue weighted by atomic mass is 19.1. The summed E-state index contributed by atoms with van der Waals surface area (Å²) in [6, 6.07) is 15.6. The van der Waals surface area contributed by atoms with Crippen LogP contribution in [0.4, 0.5) is 14.9 Å². The summed E-state index contributed by atoms with van der Waals surface area (Å²) in [4.78, 5) is 17.6. The highest BCUT2D eigenvalue weighted by molar-refractivity contribution is 5.95. The molecule has 0 aromatic heterocycles. The highest BCUT2D eigenvalue weighted by Crippen LogP contribution is 2.40. The number of piperidine rings is 1. The maximum atomic E-state index is 13.3. The maximum Gasteiger partial charge on any atom is 0.322 e. The lowest BCUT2D eigenvalue weighted by Crippen LogP contribution is -2.61. The molecule has 0 radical (unpaired) electrons. The second-order valence-electron chi connectivity index (χ2n) is 9.75. The van der Waals surface area contributed by atoms with Crippen molar-refractivity contribution >= 4 is 11.7 Å². The lowest BCUT2D eigenvalue weighted by molar-refractivity contribution is -0.0840. The first-order valence-corrected chi connectivity index (χ1v) is 11.2. The van der Waals surface area contributed by atoms with E-state index in [9.17, 15) is 9.18 Å². The average molecular weight is 424 g/mol. The number of anilines is 1. The third kappa shape index (κ3) is 3.94. The first kappa shape index (κ1) is 20.5. The van der Waals surface area contributed by atoms with Crippen molar-refractivity contribution in [1.82, 2.24) is 10.2 Å². The fourth-order valence-corrected chi connectivity index (χ4v) is 5.45. The number of rotatable bonds is 3. The third-order valence-electron chi connectivity index (χ3n) is 7.00. The van der Waals surface area contributed by atoms with Gasteiger partial charge in [0.25, 0.3) is 0 Å². The zero-order chi connectivity index (χ0) is 21.6. The number of carbonyl (C=O) groups is 1.